The Kier molecular flexibility index (Phi) is 4.20. The van der Waals surface area contributed by atoms with E-state index in [1.807, 2.05) is 0 Å². The van der Waals surface area contributed by atoms with Gasteiger partial charge in [0.05, 0.1) is 61.5 Å². The molecular formula is C72H47N. The van der Waals surface area contributed by atoms with E-state index in [1.54, 1.807) is 0 Å². The van der Waals surface area contributed by atoms with Crippen LogP contribution < -0.4 is 4.90 Å². The topological polar surface area (TPSA) is 3.24 Å². The van der Waals surface area contributed by atoms with Crippen molar-refractivity contribution in [1.82, 2.24) is 0 Å². The maximum absolute atomic E-state index is 10.4. The smallest absolute Gasteiger partial charge is 0.0726 e. The minimum Gasteiger partial charge on any atom is -0.310 e. The predicted octanol–water partition coefficient (Wildman–Crippen LogP) is 18.4. The number of para-hydroxylation sites is 1. The molecular weight excluding hydrogens is 879 g/mol. The van der Waals surface area contributed by atoms with Crippen LogP contribution in [0.1, 0.15) is 95.2 Å². The van der Waals surface area contributed by atoms with Gasteiger partial charge < -0.3 is 4.90 Å². The lowest BCUT2D eigenvalue weighted by atomic mass is 9.67. The Morgan fingerprint density at radius 1 is 0.288 bits per heavy atom. The van der Waals surface area contributed by atoms with Crippen molar-refractivity contribution < 1.29 is 50.7 Å². The van der Waals surface area contributed by atoms with Gasteiger partial charge in [0.2, 0.25) is 0 Å². The molecule has 12 aromatic rings. The molecule has 15 rings (SSSR count). The molecule has 0 saturated carbocycles. The standard InChI is InChI=1S/C72H47N/c1-4-22-50(23-5-1)71(51-24-6-2-7-25-51)66-37-19-15-32-61(66)70-62(33-20-38-67(70)71)69-55-28-11-10-21-48(55)41-45-56(69)49-39-42-53(43-40-49)73(52-26-8-3-9-27-52)54-44-46-60-59-31-14-18-36-65(59)72(68(60)47-54)63-34-16-12-29-57(63)58-30-13-17-35-64(58)72/h1-47H/i1D,2D,4D,5D,6D,7D,8D,10D,11D,12D,13D,14D,15D,16D,17D,19D,21D,22D,23D,24D,25D,26D,28D,29D,30D,31D,32D,34D,37D,39D,40D,41D,42D,43D,44D,45D,46D. The first-order valence-corrected chi connectivity index (χ1v) is 22.5. The van der Waals surface area contributed by atoms with E-state index in [9.17, 15) is 32.9 Å². The average molecular weight is 963 g/mol. The fraction of sp³-hybridized carbons (Fsp3) is 0.0278. The van der Waals surface area contributed by atoms with Gasteiger partial charge in [0.25, 0.3) is 0 Å². The zero-order valence-electron chi connectivity index (χ0n) is 74.2. The molecule has 1 atom stereocenters. The van der Waals surface area contributed by atoms with Gasteiger partial charge in [-0.2, -0.15) is 0 Å². The fourth-order valence-corrected chi connectivity index (χ4v) is 10.9. The third-order valence-corrected chi connectivity index (χ3v) is 13.7. The van der Waals surface area contributed by atoms with Crippen LogP contribution in [0, 0.1) is 0 Å². The van der Waals surface area contributed by atoms with E-state index in [0.29, 0.717) is 0 Å². The summed E-state index contributed by atoms with van der Waals surface area (Å²) in [6.45, 7) is 0. The first-order valence-electron chi connectivity index (χ1n) is 41.0. The number of benzene rings is 12. The molecule has 0 N–H and O–H groups in total. The molecule has 0 radical (unpaired) electrons. The Morgan fingerprint density at radius 2 is 0.877 bits per heavy atom. The molecule has 0 saturated heterocycles. The van der Waals surface area contributed by atoms with Crippen molar-refractivity contribution in [3.8, 4) is 55.6 Å². The molecule has 1 heteroatoms. The van der Waals surface area contributed by atoms with Gasteiger partial charge in [-0.1, -0.05) is 248 Å². The van der Waals surface area contributed by atoms with Crippen molar-refractivity contribution in [3.63, 3.8) is 0 Å². The molecule has 1 unspecified atom stereocenters. The maximum Gasteiger partial charge on any atom is 0.0726 e. The Labute approximate surface area is 478 Å². The summed E-state index contributed by atoms with van der Waals surface area (Å²) in [6, 6.07) is -23.4. The van der Waals surface area contributed by atoms with E-state index in [0.717, 1.165) is 41.3 Å². The van der Waals surface area contributed by atoms with Crippen molar-refractivity contribution in [2.24, 2.45) is 0 Å². The van der Waals surface area contributed by atoms with Crippen molar-refractivity contribution in [2.45, 2.75) is 10.8 Å². The molecule has 1 spiro atoms. The molecule has 0 fully saturated rings. The SMILES string of the molecule is [2H]c1cccc(N(c2cc3c(c([2H])c2[2H])-c2c(ccc([2H])c2[2H])C32c3cc([2H])c([2H])c([2H])c3-c3c([2H])c([2H])c([2H])c([2H])c32)c2c([2H])c([2H])c(-c3c([2H])c([2H])c4c([2H])c([2H])c([2H])c([2H])c4c3-c3cccc4c3-c3c([2H])c([2H])c([2H])c([2H])c3C4(c3c([2H])c([2H])c([2H])c([2H])c3[2H])c3c([2H])c([2H])c([2H])c([2H])c3[2H])c([2H])c2[2H])c1[2H]. The first-order chi connectivity index (χ1) is 51.6. The predicted molar refractivity (Wildman–Crippen MR) is 303 cm³/mol. The second-order valence-corrected chi connectivity index (χ2v) is 17.0. The summed E-state index contributed by atoms with van der Waals surface area (Å²) in [5.74, 6) is 0. The number of nitrogens with zero attached hydrogens (tertiary/aromatic N) is 1. The molecule has 340 valence electrons. The van der Waals surface area contributed by atoms with Gasteiger partial charge in [-0.25, -0.2) is 0 Å². The van der Waals surface area contributed by atoms with Crippen LogP contribution in [0.25, 0.3) is 66.4 Å². The number of anilines is 3. The normalized spacial score (nSPS) is 22.1. The fourth-order valence-electron chi connectivity index (χ4n) is 10.9. The van der Waals surface area contributed by atoms with Crippen LogP contribution in [0.3, 0.4) is 0 Å². The third kappa shape index (κ3) is 5.79. The van der Waals surface area contributed by atoms with Gasteiger partial charge in [0.1, 0.15) is 0 Å². The molecule has 0 aromatic heterocycles. The first kappa shape index (κ1) is 19.0. The quantitative estimate of drug-likeness (QED) is 0.154. The zero-order chi connectivity index (χ0) is 80.3. The minimum absolute atomic E-state index is 0.0626. The highest BCUT2D eigenvalue weighted by atomic mass is 15.1. The van der Waals surface area contributed by atoms with Gasteiger partial charge in [0.15, 0.2) is 0 Å². The van der Waals surface area contributed by atoms with Crippen molar-refractivity contribution >= 4 is 27.8 Å². The number of fused-ring (bicyclic) bond motifs is 14. The molecule has 3 aliphatic carbocycles. The summed E-state index contributed by atoms with van der Waals surface area (Å²) in [5, 5.41) is -1.51. The van der Waals surface area contributed by atoms with E-state index in [2.05, 4.69) is 0 Å². The van der Waals surface area contributed by atoms with E-state index in [4.69, 9.17) is 17.8 Å². The summed E-state index contributed by atoms with van der Waals surface area (Å²) < 4.78 is 351. The van der Waals surface area contributed by atoms with Gasteiger partial charge >= 0.3 is 0 Å². The molecule has 0 heterocycles. The third-order valence-electron chi connectivity index (χ3n) is 13.7. The summed E-state index contributed by atoms with van der Waals surface area (Å²) in [4.78, 5) is 0.802. The zero-order valence-corrected chi connectivity index (χ0v) is 37.2. The second kappa shape index (κ2) is 16.1. The number of hydrogen-bond acceptors (Lipinski definition) is 1. The molecule has 3 aliphatic rings. The van der Waals surface area contributed by atoms with Crippen LogP contribution in [-0.4, -0.2) is 0 Å². The summed E-state index contributed by atoms with van der Waals surface area (Å²) >= 11 is 0. The molecule has 0 aliphatic heterocycles. The molecule has 1 nitrogen and oxygen atoms in total. The number of hydrogen-bond donors (Lipinski definition) is 0. The van der Waals surface area contributed by atoms with Crippen LogP contribution in [-0.2, 0) is 10.8 Å². The monoisotopic (exact) mass is 963 g/mol. The van der Waals surface area contributed by atoms with Crippen molar-refractivity contribution in [2.75, 3.05) is 4.90 Å². The summed E-state index contributed by atoms with van der Waals surface area (Å²) in [5.41, 5.74) is -17.2. The van der Waals surface area contributed by atoms with Crippen LogP contribution >= 0.6 is 0 Å². The second-order valence-electron chi connectivity index (χ2n) is 17.0. The molecule has 12 aromatic carbocycles. The summed E-state index contributed by atoms with van der Waals surface area (Å²) in [6.07, 6.45) is 0. The molecule has 0 amide bonds. The Hall–Kier alpha value is -9.30. The highest BCUT2D eigenvalue weighted by Gasteiger charge is 2.52. The van der Waals surface area contributed by atoms with Gasteiger partial charge in [-0.3, -0.25) is 0 Å². The van der Waals surface area contributed by atoms with Gasteiger partial charge in [0, 0.05) is 17.1 Å². The van der Waals surface area contributed by atoms with Crippen LogP contribution in [0.15, 0.2) is 284 Å². The Morgan fingerprint density at radius 3 is 1.67 bits per heavy atom. The minimum atomic E-state index is -3.09. The Bertz CT molecular complexity index is 6250. The highest BCUT2D eigenvalue weighted by Crippen LogP contribution is 2.64. The van der Waals surface area contributed by atoms with E-state index >= 15 is 0 Å². The van der Waals surface area contributed by atoms with E-state index in [1.165, 1.54) is 24.3 Å². The average Bonchev–Trinajstić information content (AvgIpc) is 1.48. The Balaban J connectivity index is 1.11. The molecule has 0 bridgehead atoms. The van der Waals surface area contributed by atoms with Crippen LogP contribution in [0.2, 0.25) is 0 Å². The highest BCUT2D eigenvalue weighted by molar-refractivity contribution is 6.09. The lowest BCUT2D eigenvalue weighted by molar-refractivity contribution is 0.768. The van der Waals surface area contributed by atoms with Crippen molar-refractivity contribution in [3.05, 3.63) is 329 Å². The van der Waals surface area contributed by atoms with Crippen LogP contribution in [0.4, 0.5) is 17.1 Å². The largest absolute Gasteiger partial charge is 0.310 e. The van der Waals surface area contributed by atoms with E-state index in [-0.39, 0.29) is 44.5 Å². The van der Waals surface area contributed by atoms with Crippen molar-refractivity contribution in [1.29, 1.82) is 0 Å². The van der Waals surface area contributed by atoms with Gasteiger partial charge in [-0.05, 0) is 147 Å². The number of rotatable bonds is 7. The van der Waals surface area contributed by atoms with Crippen LogP contribution in [0.5, 0.6) is 0 Å². The van der Waals surface area contributed by atoms with Gasteiger partial charge in [-0.15, -0.1) is 0 Å². The maximum atomic E-state index is 10.4. The van der Waals surface area contributed by atoms with E-state index < -0.39 is 318 Å². The summed E-state index contributed by atoms with van der Waals surface area (Å²) in [7, 11) is 0. The lowest BCUT2D eigenvalue weighted by Gasteiger charge is -2.34. The molecule has 73 heavy (non-hydrogen) atoms. The lowest BCUT2D eigenvalue weighted by Crippen LogP contribution is -2.28.